The Balaban J connectivity index is 1.98. The maximum absolute atomic E-state index is 5.71. The molecule has 1 aliphatic rings. The highest BCUT2D eigenvalue weighted by Gasteiger charge is 2.24. The largest absolute Gasteiger partial charge is 0.493 e. The average molecular weight is 220 g/mol. The van der Waals surface area contributed by atoms with E-state index in [0.717, 1.165) is 29.1 Å². The molecule has 1 aromatic carbocycles. The Morgan fingerprint density at radius 2 is 2.25 bits per heavy atom. The van der Waals surface area contributed by atoms with Crippen molar-refractivity contribution >= 4 is 11.0 Å². The molecule has 16 heavy (non-hydrogen) atoms. The van der Waals surface area contributed by atoms with Gasteiger partial charge in [0.25, 0.3) is 0 Å². The molecule has 0 amide bonds. The average Bonchev–Trinajstić information content (AvgIpc) is 3.01. The highest BCUT2D eigenvalue weighted by molar-refractivity contribution is 5.86. The van der Waals surface area contributed by atoms with Crippen molar-refractivity contribution in [2.45, 2.75) is 6.10 Å². The highest BCUT2D eigenvalue weighted by Crippen LogP contribution is 2.36. The molecule has 0 bridgehead atoms. The molecule has 84 valence electrons. The predicted molar refractivity (Wildman–Crippen MR) is 58.0 cm³/mol. The van der Waals surface area contributed by atoms with Crippen molar-refractivity contribution in [2.75, 3.05) is 20.3 Å². The summed E-state index contributed by atoms with van der Waals surface area (Å²) in [6.07, 6.45) is 1.87. The Labute approximate surface area is 92.7 Å². The van der Waals surface area contributed by atoms with Gasteiger partial charge in [-0.2, -0.15) is 0 Å². The maximum Gasteiger partial charge on any atom is 0.172 e. The number of furan rings is 1. The maximum atomic E-state index is 5.71. The number of fused-ring (bicyclic) bond motifs is 1. The molecule has 4 nitrogen and oxygen atoms in total. The summed E-state index contributed by atoms with van der Waals surface area (Å²) in [6, 6.07) is 5.59. The second-order valence-corrected chi connectivity index (χ2v) is 3.70. The molecule has 0 spiro atoms. The van der Waals surface area contributed by atoms with Crippen LogP contribution in [-0.4, -0.2) is 26.4 Å². The van der Waals surface area contributed by atoms with Crippen molar-refractivity contribution in [3.05, 3.63) is 24.5 Å². The van der Waals surface area contributed by atoms with Crippen LogP contribution in [0.25, 0.3) is 11.0 Å². The van der Waals surface area contributed by atoms with Crippen LogP contribution in [0.3, 0.4) is 0 Å². The van der Waals surface area contributed by atoms with Crippen LogP contribution >= 0.6 is 0 Å². The number of methoxy groups -OCH3 is 1. The van der Waals surface area contributed by atoms with Crippen molar-refractivity contribution in [1.82, 2.24) is 0 Å². The molecule has 1 fully saturated rings. The van der Waals surface area contributed by atoms with Crippen LogP contribution in [0.1, 0.15) is 0 Å². The van der Waals surface area contributed by atoms with E-state index in [1.165, 1.54) is 0 Å². The van der Waals surface area contributed by atoms with Gasteiger partial charge in [0.2, 0.25) is 0 Å². The van der Waals surface area contributed by atoms with Gasteiger partial charge in [0, 0.05) is 0 Å². The molecular formula is C12H12O4. The zero-order valence-electron chi connectivity index (χ0n) is 8.93. The number of ether oxygens (including phenoxy) is 3. The van der Waals surface area contributed by atoms with E-state index in [9.17, 15) is 0 Å². The lowest BCUT2D eigenvalue weighted by Crippen LogP contribution is -2.05. The normalized spacial score (nSPS) is 18.7. The molecule has 0 N–H and O–H groups in total. The first kappa shape index (κ1) is 9.54. The van der Waals surface area contributed by atoms with E-state index >= 15 is 0 Å². The predicted octanol–water partition coefficient (Wildman–Crippen LogP) is 2.22. The Hall–Kier alpha value is -1.68. The lowest BCUT2D eigenvalue weighted by Gasteiger charge is -2.10. The van der Waals surface area contributed by atoms with Crippen LogP contribution in [0, 0.1) is 0 Å². The van der Waals surface area contributed by atoms with Crippen molar-refractivity contribution in [3.8, 4) is 11.5 Å². The molecule has 1 saturated heterocycles. The second kappa shape index (κ2) is 3.72. The molecule has 1 atom stereocenters. The first-order valence-electron chi connectivity index (χ1n) is 5.17. The summed E-state index contributed by atoms with van der Waals surface area (Å²) < 4.78 is 21.4. The summed E-state index contributed by atoms with van der Waals surface area (Å²) in [5.41, 5.74) is 0.799. The molecule has 0 saturated carbocycles. The number of epoxide rings is 1. The second-order valence-electron chi connectivity index (χ2n) is 3.70. The number of rotatable bonds is 4. The third-order valence-electron chi connectivity index (χ3n) is 2.59. The molecule has 1 aromatic heterocycles. The lowest BCUT2D eigenvalue weighted by atomic mass is 10.2. The van der Waals surface area contributed by atoms with Gasteiger partial charge < -0.3 is 18.6 Å². The minimum Gasteiger partial charge on any atom is -0.493 e. The van der Waals surface area contributed by atoms with Gasteiger partial charge in [-0.05, 0) is 18.2 Å². The van der Waals surface area contributed by atoms with Crippen LogP contribution in [0.2, 0.25) is 0 Å². The van der Waals surface area contributed by atoms with Crippen molar-refractivity contribution in [3.63, 3.8) is 0 Å². The standard InChI is InChI=1S/C12H12O4/c1-13-11-3-2-10-9(4-5-14-10)12(11)16-7-8-6-15-8/h2-5,8H,6-7H2,1H3. The number of hydrogen-bond donors (Lipinski definition) is 0. The molecule has 2 aromatic rings. The first-order valence-corrected chi connectivity index (χ1v) is 5.17. The van der Waals surface area contributed by atoms with E-state index in [-0.39, 0.29) is 6.10 Å². The number of benzene rings is 1. The summed E-state index contributed by atoms with van der Waals surface area (Å²) in [4.78, 5) is 0. The van der Waals surface area contributed by atoms with Gasteiger partial charge in [0.15, 0.2) is 11.5 Å². The van der Waals surface area contributed by atoms with E-state index in [2.05, 4.69) is 0 Å². The van der Waals surface area contributed by atoms with Crippen LogP contribution in [-0.2, 0) is 4.74 Å². The van der Waals surface area contributed by atoms with E-state index < -0.39 is 0 Å². The quantitative estimate of drug-likeness (QED) is 0.741. The zero-order valence-corrected chi connectivity index (χ0v) is 8.93. The molecule has 0 radical (unpaired) electrons. The highest BCUT2D eigenvalue weighted by atomic mass is 16.6. The Morgan fingerprint density at radius 3 is 3.00 bits per heavy atom. The smallest absolute Gasteiger partial charge is 0.172 e. The molecule has 3 rings (SSSR count). The van der Waals surface area contributed by atoms with Crippen LogP contribution in [0.5, 0.6) is 11.5 Å². The fourth-order valence-corrected chi connectivity index (χ4v) is 1.65. The summed E-state index contributed by atoms with van der Waals surface area (Å²) in [6.45, 7) is 1.34. The van der Waals surface area contributed by atoms with Gasteiger partial charge in [-0.15, -0.1) is 0 Å². The molecule has 2 heterocycles. The third-order valence-corrected chi connectivity index (χ3v) is 2.59. The minimum absolute atomic E-state index is 0.229. The van der Waals surface area contributed by atoms with Gasteiger partial charge in [-0.1, -0.05) is 0 Å². The van der Waals surface area contributed by atoms with Crippen LogP contribution in [0.4, 0.5) is 0 Å². The van der Waals surface area contributed by atoms with Gasteiger partial charge in [-0.25, -0.2) is 0 Å². The Morgan fingerprint density at radius 1 is 1.38 bits per heavy atom. The summed E-state index contributed by atoms with van der Waals surface area (Å²) >= 11 is 0. The minimum atomic E-state index is 0.229. The lowest BCUT2D eigenvalue weighted by molar-refractivity contribution is 0.254. The van der Waals surface area contributed by atoms with E-state index in [4.69, 9.17) is 18.6 Å². The van der Waals surface area contributed by atoms with Gasteiger partial charge in [-0.3, -0.25) is 0 Å². The van der Waals surface area contributed by atoms with Gasteiger partial charge in [0.1, 0.15) is 18.3 Å². The zero-order chi connectivity index (χ0) is 11.0. The van der Waals surface area contributed by atoms with Crippen molar-refractivity contribution < 1.29 is 18.6 Å². The SMILES string of the molecule is COc1ccc2occc2c1OCC1CO1. The molecule has 1 aliphatic heterocycles. The van der Waals surface area contributed by atoms with Gasteiger partial charge in [0.05, 0.1) is 25.4 Å². The first-order chi connectivity index (χ1) is 7.88. The molecule has 4 heteroatoms. The van der Waals surface area contributed by atoms with Crippen LogP contribution < -0.4 is 9.47 Å². The van der Waals surface area contributed by atoms with Crippen LogP contribution in [0.15, 0.2) is 28.9 Å². The van der Waals surface area contributed by atoms with E-state index in [0.29, 0.717) is 6.61 Å². The molecular weight excluding hydrogens is 208 g/mol. The number of hydrogen-bond acceptors (Lipinski definition) is 4. The Kier molecular flexibility index (Phi) is 2.22. The summed E-state index contributed by atoms with van der Waals surface area (Å²) in [5.74, 6) is 1.44. The van der Waals surface area contributed by atoms with E-state index in [1.54, 1.807) is 13.4 Å². The third kappa shape index (κ3) is 1.61. The monoisotopic (exact) mass is 220 g/mol. The topological polar surface area (TPSA) is 44.1 Å². The van der Waals surface area contributed by atoms with E-state index in [1.807, 2.05) is 18.2 Å². The summed E-state index contributed by atoms with van der Waals surface area (Å²) in [7, 11) is 1.63. The molecule has 1 unspecified atom stereocenters. The fourth-order valence-electron chi connectivity index (χ4n) is 1.65. The Bertz CT molecular complexity index is 499. The van der Waals surface area contributed by atoms with Crippen molar-refractivity contribution in [1.29, 1.82) is 0 Å². The summed E-state index contributed by atoms with van der Waals surface area (Å²) in [5, 5.41) is 0.931. The van der Waals surface area contributed by atoms with Gasteiger partial charge >= 0.3 is 0 Å². The molecule has 0 aliphatic carbocycles. The van der Waals surface area contributed by atoms with Crippen molar-refractivity contribution in [2.24, 2.45) is 0 Å². The fraction of sp³-hybridized carbons (Fsp3) is 0.333.